The predicted octanol–water partition coefficient (Wildman–Crippen LogP) is 0.770. The molecule has 1 heterocycles. The number of amides is 1. The van der Waals surface area contributed by atoms with Crippen LogP contribution in [-0.4, -0.2) is 42.8 Å². The van der Waals surface area contributed by atoms with Crippen molar-refractivity contribution in [2.75, 3.05) is 20.3 Å². The normalized spacial score (nSPS) is 15.7. The summed E-state index contributed by atoms with van der Waals surface area (Å²) in [6, 6.07) is 5.59. The first-order chi connectivity index (χ1) is 9.94. The summed E-state index contributed by atoms with van der Waals surface area (Å²) in [6.07, 6.45) is 0.959. The van der Waals surface area contributed by atoms with Gasteiger partial charge in [-0.25, -0.2) is 4.79 Å². The van der Waals surface area contributed by atoms with Crippen LogP contribution in [0.25, 0.3) is 0 Å². The zero-order valence-corrected chi connectivity index (χ0v) is 12.1. The van der Waals surface area contributed by atoms with Crippen molar-refractivity contribution >= 4 is 11.9 Å². The van der Waals surface area contributed by atoms with Crippen molar-refractivity contribution < 1.29 is 24.2 Å². The lowest BCUT2D eigenvalue weighted by Crippen LogP contribution is -2.55. The molecule has 0 fully saturated rings. The van der Waals surface area contributed by atoms with E-state index < -0.39 is 11.5 Å². The van der Waals surface area contributed by atoms with E-state index >= 15 is 0 Å². The highest BCUT2D eigenvalue weighted by Gasteiger charge is 2.34. The zero-order valence-electron chi connectivity index (χ0n) is 12.1. The summed E-state index contributed by atoms with van der Waals surface area (Å²) in [4.78, 5) is 23.3. The van der Waals surface area contributed by atoms with Gasteiger partial charge in [0.2, 0.25) is 5.91 Å². The van der Waals surface area contributed by atoms with Crippen LogP contribution in [0, 0.1) is 0 Å². The molecule has 114 valence electrons. The molecule has 1 amide bonds. The van der Waals surface area contributed by atoms with Crippen molar-refractivity contribution in [3.63, 3.8) is 0 Å². The second kappa shape index (κ2) is 6.13. The van der Waals surface area contributed by atoms with Gasteiger partial charge in [0.1, 0.15) is 5.75 Å². The molecule has 0 radical (unpaired) electrons. The van der Waals surface area contributed by atoms with Crippen LogP contribution in [0.5, 0.6) is 5.75 Å². The molecule has 1 unspecified atom stereocenters. The molecule has 1 aromatic rings. The van der Waals surface area contributed by atoms with E-state index in [4.69, 9.17) is 9.47 Å². The number of carboxylic acids is 1. The highest BCUT2D eigenvalue weighted by molar-refractivity contribution is 5.87. The van der Waals surface area contributed by atoms with E-state index in [1.165, 1.54) is 14.0 Å². The average Bonchev–Trinajstić information content (AvgIpc) is 2.85. The third-order valence-corrected chi connectivity index (χ3v) is 3.44. The number of aliphatic carboxylic acids is 1. The van der Waals surface area contributed by atoms with Crippen molar-refractivity contribution in [2.24, 2.45) is 0 Å². The molecule has 0 saturated carbocycles. The van der Waals surface area contributed by atoms with Crippen molar-refractivity contribution in [3.8, 4) is 5.75 Å². The highest BCUT2D eigenvalue weighted by atomic mass is 16.5. The summed E-state index contributed by atoms with van der Waals surface area (Å²) in [5, 5.41) is 11.7. The molecule has 1 atom stereocenters. The van der Waals surface area contributed by atoms with Gasteiger partial charge in [0, 0.05) is 13.5 Å². The van der Waals surface area contributed by atoms with Crippen molar-refractivity contribution in [1.82, 2.24) is 5.32 Å². The van der Waals surface area contributed by atoms with Gasteiger partial charge in [0.05, 0.1) is 19.6 Å². The fraction of sp³-hybridized carbons (Fsp3) is 0.467. The van der Waals surface area contributed by atoms with Crippen LogP contribution in [0.3, 0.4) is 0 Å². The number of rotatable bonds is 6. The number of hydrogen-bond acceptors (Lipinski definition) is 4. The smallest absolute Gasteiger partial charge is 0.331 e. The molecule has 2 rings (SSSR count). The van der Waals surface area contributed by atoms with Gasteiger partial charge in [0.25, 0.3) is 0 Å². The third kappa shape index (κ3) is 3.52. The maximum Gasteiger partial charge on any atom is 0.331 e. The Bertz CT molecular complexity index is 557. The molecule has 1 aliphatic rings. The van der Waals surface area contributed by atoms with E-state index in [0.717, 1.165) is 23.3 Å². The average molecular weight is 293 g/mol. The fourth-order valence-electron chi connectivity index (χ4n) is 2.33. The second-order valence-corrected chi connectivity index (χ2v) is 5.34. The number of carbonyl (C=O) groups is 2. The van der Waals surface area contributed by atoms with Gasteiger partial charge in [0.15, 0.2) is 5.54 Å². The second-order valence-electron chi connectivity index (χ2n) is 5.34. The molecule has 0 aliphatic carbocycles. The topological polar surface area (TPSA) is 84.9 Å². The maximum atomic E-state index is 12.0. The molecular formula is C15H19NO5. The molecule has 0 spiro atoms. The lowest BCUT2D eigenvalue weighted by atomic mass is 10.0. The fourth-order valence-corrected chi connectivity index (χ4v) is 2.33. The van der Waals surface area contributed by atoms with Gasteiger partial charge < -0.3 is 19.9 Å². The third-order valence-electron chi connectivity index (χ3n) is 3.44. The monoisotopic (exact) mass is 293 g/mol. The minimum atomic E-state index is -1.42. The predicted molar refractivity (Wildman–Crippen MR) is 75.4 cm³/mol. The van der Waals surface area contributed by atoms with Crippen LogP contribution in [0.4, 0.5) is 0 Å². The summed E-state index contributed by atoms with van der Waals surface area (Å²) >= 11 is 0. The molecular weight excluding hydrogens is 274 g/mol. The molecule has 6 nitrogen and oxygen atoms in total. The maximum absolute atomic E-state index is 12.0. The van der Waals surface area contributed by atoms with Gasteiger partial charge in [-0.2, -0.15) is 0 Å². The first kappa shape index (κ1) is 15.3. The summed E-state index contributed by atoms with van der Waals surface area (Å²) in [5.41, 5.74) is 0.492. The number of hydrogen-bond donors (Lipinski definition) is 2. The number of nitrogens with one attached hydrogen (secondary N) is 1. The van der Waals surface area contributed by atoms with Gasteiger partial charge >= 0.3 is 5.97 Å². The lowest BCUT2D eigenvalue weighted by Gasteiger charge is -2.25. The van der Waals surface area contributed by atoms with Crippen molar-refractivity contribution in [1.29, 1.82) is 0 Å². The van der Waals surface area contributed by atoms with E-state index in [-0.39, 0.29) is 18.9 Å². The molecule has 0 aromatic heterocycles. The minimum absolute atomic E-state index is 0.0912. The van der Waals surface area contributed by atoms with Gasteiger partial charge in [-0.3, -0.25) is 4.79 Å². The summed E-state index contributed by atoms with van der Waals surface area (Å²) in [6.45, 7) is 2.00. The molecule has 1 aromatic carbocycles. The first-order valence-corrected chi connectivity index (χ1v) is 6.72. The molecule has 2 N–H and O–H groups in total. The van der Waals surface area contributed by atoms with E-state index in [2.05, 4.69) is 5.32 Å². The Labute approximate surface area is 123 Å². The zero-order chi connectivity index (χ0) is 15.5. The van der Waals surface area contributed by atoms with E-state index in [0.29, 0.717) is 6.61 Å². The van der Waals surface area contributed by atoms with Crippen LogP contribution in [0.1, 0.15) is 18.1 Å². The Hall–Kier alpha value is -2.08. The van der Waals surface area contributed by atoms with E-state index in [1.807, 2.05) is 18.2 Å². The Kier molecular flexibility index (Phi) is 4.47. The molecule has 21 heavy (non-hydrogen) atoms. The molecule has 0 saturated heterocycles. The van der Waals surface area contributed by atoms with Gasteiger partial charge in [-0.15, -0.1) is 0 Å². The van der Waals surface area contributed by atoms with Crippen molar-refractivity contribution in [3.05, 3.63) is 29.3 Å². The van der Waals surface area contributed by atoms with E-state index in [9.17, 15) is 14.7 Å². The minimum Gasteiger partial charge on any atom is -0.493 e. The van der Waals surface area contributed by atoms with Crippen LogP contribution < -0.4 is 10.1 Å². The Morgan fingerprint density at radius 1 is 1.48 bits per heavy atom. The molecule has 0 bridgehead atoms. The Morgan fingerprint density at radius 2 is 2.24 bits per heavy atom. The van der Waals surface area contributed by atoms with Crippen LogP contribution in [-0.2, 0) is 27.2 Å². The number of carboxylic acid groups (broad SMARTS) is 1. The summed E-state index contributed by atoms with van der Waals surface area (Å²) < 4.78 is 10.3. The quantitative estimate of drug-likeness (QED) is 0.809. The van der Waals surface area contributed by atoms with Gasteiger partial charge in [-0.05, 0) is 24.1 Å². The summed E-state index contributed by atoms with van der Waals surface area (Å²) in [5.74, 6) is -0.621. The van der Waals surface area contributed by atoms with E-state index in [1.54, 1.807) is 0 Å². The Balaban J connectivity index is 2.02. The highest BCUT2D eigenvalue weighted by Crippen LogP contribution is 2.26. The lowest BCUT2D eigenvalue weighted by molar-refractivity contribution is -0.149. The first-order valence-electron chi connectivity index (χ1n) is 6.72. The largest absolute Gasteiger partial charge is 0.493 e. The standard InChI is InChI=1S/C15H19NO5/c1-15(9-20-2,14(18)19)16-13(17)8-10-3-4-12-11(7-10)5-6-21-12/h3-4,7H,5-6,8-9H2,1-2H3,(H,16,17)(H,18,19). The number of methoxy groups -OCH3 is 1. The number of carbonyl (C=O) groups excluding carboxylic acids is 1. The number of ether oxygens (including phenoxy) is 2. The van der Waals surface area contributed by atoms with Crippen molar-refractivity contribution in [2.45, 2.75) is 25.3 Å². The Morgan fingerprint density at radius 3 is 2.90 bits per heavy atom. The molecule has 1 aliphatic heterocycles. The van der Waals surface area contributed by atoms with Gasteiger partial charge in [-0.1, -0.05) is 12.1 Å². The molecule has 6 heteroatoms. The SMILES string of the molecule is COCC(C)(NC(=O)Cc1ccc2c(c1)CCO2)C(=O)O. The van der Waals surface area contributed by atoms with Crippen LogP contribution in [0.15, 0.2) is 18.2 Å². The van der Waals surface area contributed by atoms with Crippen LogP contribution >= 0.6 is 0 Å². The van der Waals surface area contributed by atoms with Crippen LogP contribution in [0.2, 0.25) is 0 Å². The summed E-state index contributed by atoms with van der Waals surface area (Å²) in [7, 11) is 1.40. The number of fused-ring (bicyclic) bond motifs is 1. The number of benzene rings is 1.